The Hall–Kier alpha value is -2.47. The largest absolute Gasteiger partial charge is 0.491 e. The Morgan fingerprint density at radius 3 is 2.62 bits per heavy atom. The van der Waals surface area contributed by atoms with E-state index in [9.17, 15) is 0 Å². The number of hydrogen-bond acceptors (Lipinski definition) is 6. The van der Waals surface area contributed by atoms with Crippen LogP contribution < -0.4 is 9.64 Å². The molecule has 136 valence electrons. The van der Waals surface area contributed by atoms with Crippen molar-refractivity contribution in [2.45, 2.75) is 26.5 Å². The molecule has 6 nitrogen and oxygen atoms in total. The second-order valence-corrected chi connectivity index (χ2v) is 7.20. The summed E-state index contributed by atoms with van der Waals surface area (Å²) in [5.41, 5.74) is 4.16. The summed E-state index contributed by atoms with van der Waals surface area (Å²) in [4.78, 5) is 18.4. The Bertz CT molecular complexity index is 825. The van der Waals surface area contributed by atoms with E-state index in [1.54, 1.807) is 6.33 Å². The van der Waals surface area contributed by atoms with Gasteiger partial charge in [-0.25, -0.2) is 9.97 Å². The summed E-state index contributed by atoms with van der Waals surface area (Å²) in [6.45, 7) is 8.85. The molecule has 1 fully saturated rings. The van der Waals surface area contributed by atoms with E-state index in [-0.39, 0.29) is 6.10 Å². The molecule has 0 radical (unpaired) electrons. The Labute approximate surface area is 154 Å². The van der Waals surface area contributed by atoms with Crippen LogP contribution in [0.4, 0.5) is 5.82 Å². The van der Waals surface area contributed by atoms with Crippen LogP contribution in [0.5, 0.6) is 5.75 Å². The van der Waals surface area contributed by atoms with Crippen molar-refractivity contribution in [1.82, 2.24) is 14.9 Å². The molecular weight excluding hydrogens is 326 g/mol. The van der Waals surface area contributed by atoms with Gasteiger partial charge < -0.3 is 14.5 Å². The third-order valence-corrected chi connectivity index (χ3v) is 4.84. The van der Waals surface area contributed by atoms with E-state index < -0.39 is 0 Å². The maximum Gasteiger partial charge on any atom is 0.132 e. The number of rotatable bonds is 4. The average Bonchev–Trinajstić information content (AvgIpc) is 3.05. The number of likely N-dealkylation sites (N-methyl/N-ethyl adjacent to an activating group) is 1. The fraction of sp³-hybridized carbons (Fsp3) is 0.450. The third kappa shape index (κ3) is 3.42. The number of nitrogens with zero attached hydrogens (tertiary/aromatic N) is 5. The number of ether oxygens (including phenoxy) is 1. The van der Waals surface area contributed by atoms with Crippen LogP contribution in [-0.2, 0) is 6.54 Å². The highest BCUT2D eigenvalue weighted by atomic mass is 16.5. The minimum atomic E-state index is 0.151. The second kappa shape index (κ2) is 7.03. The van der Waals surface area contributed by atoms with Crippen molar-refractivity contribution < 1.29 is 4.74 Å². The van der Waals surface area contributed by atoms with Crippen molar-refractivity contribution in [3.8, 4) is 5.75 Å². The molecule has 3 heterocycles. The van der Waals surface area contributed by atoms with E-state index in [0.29, 0.717) is 6.54 Å². The van der Waals surface area contributed by atoms with Crippen LogP contribution >= 0.6 is 0 Å². The second-order valence-electron chi connectivity index (χ2n) is 7.20. The predicted molar refractivity (Wildman–Crippen MR) is 103 cm³/mol. The minimum Gasteiger partial charge on any atom is -0.491 e. The molecule has 0 aliphatic carbocycles. The third-order valence-electron chi connectivity index (χ3n) is 4.84. The molecule has 4 rings (SSSR count). The number of fused-ring (bicyclic) bond motifs is 1. The van der Waals surface area contributed by atoms with Gasteiger partial charge in [0, 0.05) is 37.8 Å². The average molecular weight is 351 g/mol. The lowest BCUT2D eigenvalue weighted by atomic mass is 10.0. The van der Waals surface area contributed by atoms with Crippen LogP contribution in [0.25, 0.3) is 0 Å². The van der Waals surface area contributed by atoms with Crippen LogP contribution in [0.1, 0.15) is 30.7 Å². The number of anilines is 1. The zero-order valence-corrected chi connectivity index (χ0v) is 15.6. The molecule has 1 aromatic heterocycles. The van der Waals surface area contributed by atoms with Crippen molar-refractivity contribution in [2.24, 2.45) is 4.99 Å². The lowest BCUT2D eigenvalue weighted by molar-refractivity contribution is 0.242. The first-order chi connectivity index (χ1) is 12.6. The van der Waals surface area contributed by atoms with E-state index in [1.807, 2.05) is 19.9 Å². The lowest BCUT2D eigenvalue weighted by Gasteiger charge is -2.33. The maximum absolute atomic E-state index is 5.85. The van der Waals surface area contributed by atoms with Crippen LogP contribution in [0, 0.1) is 0 Å². The molecule has 0 N–H and O–H groups in total. The zero-order valence-electron chi connectivity index (χ0n) is 15.6. The molecule has 2 aliphatic rings. The quantitative estimate of drug-likeness (QED) is 0.846. The number of benzene rings is 1. The molecule has 0 atom stereocenters. The summed E-state index contributed by atoms with van der Waals surface area (Å²) in [6.07, 6.45) is 1.80. The molecule has 0 bridgehead atoms. The summed E-state index contributed by atoms with van der Waals surface area (Å²) < 4.78 is 5.85. The molecule has 0 unspecified atom stereocenters. The summed E-state index contributed by atoms with van der Waals surface area (Å²) in [5, 5.41) is 0. The van der Waals surface area contributed by atoms with Gasteiger partial charge in [-0.15, -0.1) is 0 Å². The number of aromatic nitrogens is 2. The van der Waals surface area contributed by atoms with Gasteiger partial charge in [-0.1, -0.05) is 6.07 Å². The monoisotopic (exact) mass is 351 g/mol. The fourth-order valence-corrected chi connectivity index (χ4v) is 3.41. The molecule has 0 saturated carbocycles. The topological polar surface area (TPSA) is 53.9 Å². The Balaban J connectivity index is 1.61. The first-order valence-electron chi connectivity index (χ1n) is 9.20. The summed E-state index contributed by atoms with van der Waals surface area (Å²) >= 11 is 0. The van der Waals surface area contributed by atoms with Gasteiger partial charge in [-0.2, -0.15) is 0 Å². The molecule has 2 aromatic rings. The molecular formula is C20H25N5O. The zero-order chi connectivity index (χ0) is 18.1. The van der Waals surface area contributed by atoms with E-state index in [1.165, 1.54) is 5.56 Å². The SMILES string of the molecule is CC(C)Oc1ccc2c(c1)C(c1cc(N3CCN(C)CC3)ncn1)=NC2. The standard InChI is InChI=1S/C20H25N5O/c1-14(2)26-16-5-4-15-12-21-20(17(15)10-16)18-11-19(23-13-22-18)25-8-6-24(3)7-9-25/h4-5,10-11,13-14H,6-9,12H2,1-3H3. The lowest BCUT2D eigenvalue weighted by Crippen LogP contribution is -2.44. The molecule has 26 heavy (non-hydrogen) atoms. The van der Waals surface area contributed by atoms with Gasteiger partial charge >= 0.3 is 0 Å². The van der Waals surface area contributed by atoms with Crippen LogP contribution in [-0.4, -0.2) is 59.9 Å². The highest BCUT2D eigenvalue weighted by Gasteiger charge is 2.22. The van der Waals surface area contributed by atoms with Crippen molar-refractivity contribution in [3.05, 3.63) is 47.4 Å². The molecule has 2 aliphatic heterocycles. The van der Waals surface area contributed by atoms with Gasteiger partial charge in [0.25, 0.3) is 0 Å². The van der Waals surface area contributed by atoms with Gasteiger partial charge in [0.2, 0.25) is 0 Å². The van der Waals surface area contributed by atoms with Crippen molar-refractivity contribution >= 4 is 11.5 Å². The first-order valence-corrected chi connectivity index (χ1v) is 9.20. The summed E-state index contributed by atoms with van der Waals surface area (Å²) in [6, 6.07) is 8.27. The normalized spacial score (nSPS) is 17.4. The van der Waals surface area contributed by atoms with Gasteiger partial charge in [0.15, 0.2) is 0 Å². The molecule has 1 saturated heterocycles. The van der Waals surface area contributed by atoms with Gasteiger partial charge in [0.1, 0.15) is 17.9 Å². The van der Waals surface area contributed by atoms with Crippen LogP contribution in [0.3, 0.4) is 0 Å². The van der Waals surface area contributed by atoms with E-state index >= 15 is 0 Å². The van der Waals surface area contributed by atoms with E-state index in [0.717, 1.165) is 54.7 Å². The van der Waals surface area contributed by atoms with Gasteiger partial charge in [-0.05, 0) is 38.6 Å². The maximum atomic E-state index is 5.85. The predicted octanol–water partition coefficient (Wildman–Crippen LogP) is 2.37. The smallest absolute Gasteiger partial charge is 0.132 e. The van der Waals surface area contributed by atoms with Crippen molar-refractivity contribution in [2.75, 3.05) is 38.1 Å². The highest BCUT2D eigenvalue weighted by Crippen LogP contribution is 2.28. The van der Waals surface area contributed by atoms with Crippen molar-refractivity contribution in [3.63, 3.8) is 0 Å². The fourth-order valence-electron chi connectivity index (χ4n) is 3.41. The first kappa shape index (κ1) is 17.0. The van der Waals surface area contributed by atoms with Crippen LogP contribution in [0.15, 0.2) is 35.6 Å². The Kier molecular flexibility index (Phi) is 4.59. The molecule has 1 aromatic carbocycles. The minimum absolute atomic E-state index is 0.151. The van der Waals surface area contributed by atoms with E-state index in [2.05, 4.69) is 45.0 Å². The summed E-state index contributed by atoms with van der Waals surface area (Å²) in [7, 11) is 2.16. The number of hydrogen-bond donors (Lipinski definition) is 0. The highest BCUT2D eigenvalue weighted by molar-refractivity contribution is 6.14. The Morgan fingerprint density at radius 1 is 1.04 bits per heavy atom. The number of aliphatic imine (C=N–C) groups is 1. The Morgan fingerprint density at radius 2 is 1.85 bits per heavy atom. The van der Waals surface area contributed by atoms with Gasteiger partial charge in [0.05, 0.1) is 24.1 Å². The molecule has 0 spiro atoms. The number of piperazine rings is 1. The van der Waals surface area contributed by atoms with Crippen molar-refractivity contribution in [1.29, 1.82) is 0 Å². The van der Waals surface area contributed by atoms with E-state index in [4.69, 9.17) is 9.73 Å². The molecule has 6 heteroatoms. The van der Waals surface area contributed by atoms with Crippen LogP contribution in [0.2, 0.25) is 0 Å². The molecule has 0 amide bonds. The summed E-state index contributed by atoms with van der Waals surface area (Å²) in [5.74, 6) is 1.86. The van der Waals surface area contributed by atoms with Gasteiger partial charge in [-0.3, -0.25) is 4.99 Å².